The summed E-state index contributed by atoms with van der Waals surface area (Å²) in [5.74, 6) is -0.468. The van der Waals surface area contributed by atoms with Crippen molar-refractivity contribution < 1.29 is 26.9 Å². The summed E-state index contributed by atoms with van der Waals surface area (Å²) in [6.07, 6.45) is 0.440. The van der Waals surface area contributed by atoms with Gasteiger partial charge in [0.2, 0.25) is 0 Å². The van der Waals surface area contributed by atoms with Crippen LogP contribution in [0.4, 0.5) is 0 Å². The van der Waals surface area contributed by atoms with Gasteiger partial charge in [0, 0.05) is 6.42 Å². The molecule has 0 saturated carbocycles. The standard InChI is InChI=1S/C9H16O6S/c1-3-13-9(10)8-6-7(4-5-14-8)15-16(2,11)12/h7-8H,3-6H2,1-2H3. The maximum atomic E-state index is 11.4. The van der Waals surface area contributed by atoms with Gasteiger partial charge in [0.05, 0.1) is 25.6 Å². The van der Waals surface area contributed by atoms with Crippen molar-refractivity contribution in [3.63, 3.8) is 0 Å². The fraction of sp³-hybridized carbons (Fsp3) is 0.889. The molecule has 0 radical (unpaired) electrons. The Labute approximate surface area is 95.0 Å². The molecule has 0 amide bonds. The molecule has 0 aromatic carbocycles. The van der Waals surface area contributed by atoms with Crippen molar-refractivity contribution in [3.8, 4) is 0 Å². The zero-order valence-corrected chi connectivity index (χ0v) is 10.2. The van der Waals surface area contributed by atoms with Crippen LogP contribution in [-0.4, -0.2) is 46.1 Å². The smallest absolute Gasteiger partial charge is 0.335 e. The van der Waals surface area contributed by atoms with Crippen LogP contribution < -0.4 is 0 Å². The topological polar surface area (TPSA) is 78.9 Å². The number of ether oxygens (including phenoxy) is 2. The molecular weight excluding hydrogens is 236 g/mol. The molecule has 1 fully saturated rings. The van der Waals surface area contributed by atoms with E-state index in [1.54, 1.807) is 6.92 Å². The molecule has 6 nitrogen and oxygen atoms in total. The molecule has 1 rings (SSSR count). The first-order valence-corrected chi connectivity index (χ1v) is 6.90. The van der Waals surface area contributed by atoms with Crippen molar-refractivity contribution in [1.82, 2.24) is 0 Å². The largest absolute Gasteiger partial charge is 0.464 e. The van der Waals surface area contributed by atoms with Crippen LogP contribution in [0, 0.1) is 0 Å². The molecule has 0 aromatic rings. The fourth-order valence-corrected chi connectivity index (χ4v) is 2.17. The number of carbonyl (C=O) groups excluding carboxylic acids is 1. The van der Waals surface area contributed by atoms with Crippen LogP contribution >= 0.6 is 0 Å². The van der Waals surface area contributed by atoms with Crippen LogP contribution in [0.25, 0.3) is 0 Å². The van der Waals surface area contributed by atoms with E-state index in [0.29, 0.717) is 13.0 Å². The molecule has 1 aliphatic heterocycles. The summed E-state index contributed by atoms with van der Waals surface area (Å²) in [4.78, 5) is 11.4. The first-order valence-electron chi connectivity index (χ1n) is 5.09. The number of hydrogen-bond donors (Lipinski definition) is 0. The predicted octanol–water partition coefficient (Wildman–Crippen LogP) is 0.0733. The molecule has 2 unspecified atom stereocenters. The molecule has 0 spiro atoms. The Hall–Kier alpha value is -0.660. The monoisotopic (exact) mass is 252 g/mol. The lowest BCUT2D eigenvalue weighted by Gasteiger charge is -2.27. The van der Waals surface area contributed by atoms with E-state index in [1.165, 1.54) is 0 Å². The second-order valence-electron chi connectivity index (χ2n) is 3.56. The zero-order valence-electron chi connectivity index (χ0n) is 9.34. The van der Waals surface area contributed by atoms with Gasteiger partial charge in [-0.2, -0.15) is 8.42 Å². The summed E-state index contributed by atoms with van der Waals surface area (Å²) in [5, 5.41) is 0. The van der Waals surface area contributed by atoms with E-state index in [1.807, 2.05) is 0 Å². The summed E-state index contributed by atoms with van der Waals surface area (Å²) in [5.41, 5.74) is 0. The zero-order chi connectivity index (χ0) is 12.2. The normalized spacial score (nSPS) is 26.4. The van der Waals surface area contributed by atoms with Crippen molar-refractivity contribution in [2.75, 3.05) is 19.5 Å². The van der Waals surface area contributed by atoms with Gasteiger partial charge < -0.3 is 9.47 Å². The predicted molar refractivity (Wildman–Crippen MR) is 55.3 cm³/mol. The van der Waals surface area contributed by atoms with Gasteiger partial charge in [-0.3, -0.25) is 4.18 Å². The number of rotatable bonds is 4. The Balaban J connectivity index is 2.50. The molecule has 1 saturated heterocycles. The van der Waals surface area contributed by atoms with E-state index in [2.05, 4.69) is 0 Å². The molecule has 16 heavy (non-hydrogen) atoms. The highest BCUT2D eigenvalue weighted by atomic mass is 32.2. The van der Waals surface area contributed by atoms with Gasteiger partial charge in [-0.1, -0.05) is 0 Å². The van der Waals surface area contributed by atoms with Gasteiger partial charge in [0.15, 0.2) is 6.10 Å². The van der Waals surface area contributed by atoms with Crippen LogP contribution in [0.2, 0.25) is 0 Å². The highest BCUT2D eigenvalue weighted by Crippen LogP contribution is 2.19. The summed E-state index contributed by atoms with van der Waals surface area (Å²) in [6.45, 7) is 2.27. The van der Waals surface area contributed by atoms with E-state index < -0.39 is 28.3 Å². The van der Waals surface area contributed by atoms with Crippen LogP contribution in [0.5, 0.6) is 0 Å². The fourth-order valence-electron chi connectivity index (χ4n) is 1.50. The lowest BCUT2D eigenvalue weighted by molar-refractivity contribution is -0.162. The molecule has 94 valence electrons. The van der Waals surface area contributed by atoms with Crippen molar-refractivity contribution in [3.05, 3.63) is 0 Å². The van der Waals surface area contributed by atoms with Gasteiger partial charge in [-0.05, 0) is 13.3 Å². The number of carbonyl (C=O) groups is 1. The summed E-state index contributed by atoms with van der Waals surface area (Å²) >= 11 is 0. The minimum absolute atomic E-state index is 0.214. The maximum absolute atomic E-state index is 11.4. The number of hydrogen-bond acceptors (Lipinski definition) is 6. The highest BCUT2D eigenvalue weighted by Gasteiger charge is 2.31. The maximum Gasteiger partial charge on any atom is 0.335 e. The molecule has 2 atom stereocenters. The second kappa shape index (κ2) is 5.60. The summed E-state index contributed by atoms with van der Waals surface area (Å²) < 4.78 is 36.6. The van der Waals surface area contributed by atoms with E-state index >= 15 is 0 Å². The third kappa shape index (κ3) is 4.46. The van der Waals surface area contributed by atoms with Gasteiger partial charge in [-0.15, -0.1) is 0 Å². The van der Waals surface area contributed by atoms with E-state index in [-0.39, 0.29) is 13.0 Å². The molecule has 7 heteroatoms. The molecule has 0 bridgehead atoms. The first-order chi connectivity index (χ1) is 7.42. The second-order valence-corrected chi connectivity index (χ2v) is 5.16. The Kier molecular flexibility index (Phi) is 4.69. The quantitative estimate of drug-likeness (QED) is 0.520. The van der Waals surface area contributed by atoms with Crippen LogP contribution in [0.15, 0.2) is 0 Å². The van der Waals surface area contributed by atoms with Gasteiger partial charge in [-0.25, -0.2) is 4.79 Å². The minimum atomic E-state index is -3.49. The van der Waals surface area contributed by atoms with Crippen LogP contribution in [-0.2, 0) is 28.6 Å². The molecule has 0 aliphatic carbocycles. The Morgan fingerprint density at radius 1 is 1.50 bits per heavy atom. The summed E-state index contributed by atoms with van der Waals surface area (Å²) in [6, 6.07) is 0. The molecular formula is C9H16O6S. The minimum Gasteiger partial charge on any atom is -0.464 e. The third-order valence-corrected chi connectivity index (χ3v) is 2.72. The Bertz CT molecular complexity index is 336. The van der Waals surface area contributed by atoms with Crippen molar-refractivity contribution in [2.24, 2.45) is 0 Å². The first kappa shape index (κ1) is 13.4. The van der Waals surface area contributed by atoms with Crippen molar-refractivity contribution in [2.45, 2.75) is 32.0 Å². The average molecular weight is 252 g/mol. The lowest BCUT2D eigenvalue weighted by Crippen LogP contribution is -2.37. The molecule has 1 heterocycles. The lowest BCUT2D eigenvalue weighted by atomic mass is 10.1. The van der Waals surface area contributed by atoms with Gasteiger partial charge >= 0.3 is 5.97 Å². The van der Waals surface area contributed by atoms with Crippen molar-refractivity contribution in [1.29, 1.82) is 0 Å². The number of esters is 1. The van der Waals surface area contributed by atoms with E-state index in [9.17, 15) is 13.2 Å². The van der Waals surface area contributed by atoms with E-state index in [0.717, 1.165) is 6.26 Å². The molecule has 0 N–H and O–H groups in total. The Morgan fingerprint density at radius 2 is 2.19 bits per heavy atom. The van der Waals surface area contributed by atoms with Crippen LogP contribution in [0.3, 0.4) is 0 Å². The highest BCUT2D eigenvalue weighted by molar-refractivity contribution is 7.86. The van der Waals surface area contributed by atoms with E-state index in [4.69, 9.17) is 13.7 Å². The third-order valence-electron chi connectivity index (χ3n) is 2.10. The van der Waals surface area contributed by atoms with Crippen LogP contribution in [0.1, 0.15) is 19.8 Å². The van der Waals surface area contributed by atoms with Gasteiger partial charge in [0.25, 0.3) is 10.1 Å². The average Bonchev–Trinajstić information content (AvgIpc) is 2.16. The molecule has 1 aliphatic rings. The Morgan fingerprint density at radius 3 is 2.75 bits per heavy atom. The summed E-state index contributed by atoms with van der Waals surface area (Å²) in [7, 11) is -3.49. The molecule has 0 aromatic heterocycles. The van der Waals surface area contributed by atoms with Gasteiger partial charge in [0.1, 0.15) is 0 Å². The SMILES string of the molecule is CCOC(=O)C1CC(OS(C)(=O)=O)CCO1. The van der Waals surface area contributed by atoms with Crippen molar-refractivity contribution >= 4 is 16.1 Å².